The number of allylic oxidation sites excluding steroid dienone is 1. The highest BCUT2D eigenvalue weighted by Crippen LogP contribution is 2.71. The molecule has 2 aliphatic carbocycles. The maximum absolute atomic E-state index is 15.6. The predicted octanol–water partition coefficient (Wildman–Crippen LogP) is 7.27. The number of hydrogen-bond acceptors (Lipinski definition) is 7. The lowest BCUT2D eigenvalue weighted by atomic mass is 9.93. The highest BCUT2D eigenvalue weighted by Gasteiger charge is 2.70. The molecule has 3 heterocycles. The van der Waals surface area contributed by atoms with Crippen LogP contribution in [0.4, 0.5) is 32.2 Å². The number of carbonyl (C=O) groups is 2. The zero-order valence-corrected chi connectivity index (χ0v) is 32.7. The summed E-state index contributed by atoms with van der Waals surface area (Å²) in [5.74, 6) is -3.68. The highest BCUT2D eigenvalue weighted by atomic mass is 35.5. The standard InChI is InChI=1S/C41H36ClF6N7O4/c1-19-30-32-35(38(45)46)52-55(37(32)41(47,48)33(19)30)18-29(57)50-27(16-20-14-21(43)17-22(44)15-20)34-24(7-6-23(49-34)10-12-40(2,3)58)25-8-9-26(42)31-36(25)54(4)53-39(31)51-28(56)11-13-59-5/h6-9,14-15,17,27,30,33,38,58H,1,11,13,16,18H2,2-5H3,(H,50,57)(H,51,53,56)/t27-,30+,33+/m0/s1. The van der Waals surface area contributed by atoms with Gasteiger partial charge in [-0.25, -0.2) is 22.5 Å². The number of benzene rings is 2. The number of aryl methyl sites for hydroxylation is 1. The molecule has 0 bridgehead atoms. The summed E-state index contributed by atoms with van der Waals surface area (Å²) < 4.78 is 95.7. The highest BCUT2D eigenvalue weighted by molar-refractivity contribution is 6.37. The van der Waals surface area contributed by atoms with Gasteiger partial charge in [0.25, 0.3) is 12.3 Å². The van der Waals surface area contributed by atoms with E-state index in [4.69, 9.17) is 21.3 Å². The van der Waals surface area contributed by atoms with Crippen LogP contribution in [0.1, 0.15) is 72.6 Å². The van der Waals surface area contributed by atoms with Gasteiger partial charge in [0.1, 0.15) is 40.9 Å². The summed E-state index contributed by atoms with van der Waals surface area (Å²) in [5.41, 5.74) is -2.03. The molecule has 1 saturated carbocycles. The Morgan fingerprint density at radius 3 is 2.42 bits per heavy atom. The van der Waals surface area contributed by atoms with Crippen molar-refractivity contribution in [3.63, 3.8) is 0 Å². The number of fused-ring (bicyclic) bond motifs is 4. The third-order valence-corrected chi connectivity index (χ3v) is 10.3. The first-order valence-electron chi connectivity index (χ1n) is 18.2. The normalized spacial score (nSPS) is 17.1. The fraction of sp³-hybridized carbons (Fsp3) is 0.341. The van der Waals surface area contributed by atoms with Crippen LogP contribution in [0.3, 0.4) is 0 Å². The number of anilines is 1. The van der Waals surface area contributed by atoms with Gasteiger partial charge in [-0.05, 0) is 62.1 Å². The lowest BCUT2D eigenvalue weighted by molar-refractivity contribution is -0.123. The van der Waals surface area contributed by atoms with Crippen LogP contribution in [0.2, 0.25) is 5.02 Å². The minimum Gasteiger partial charge on any atom is -0.384 e. The summed E-state index contributed by atoms with van der Waals surface area (Å²) in [4.78, 5) is 31.5. The number of alkyl halides is 4. The Bertz CT molecular complexity index is 2590. The number of nitrogens with one attached hydrogen (secondary N) is 2. The minimum atomic E-state index is -3.62. The van der Waals surface area contributed by atoms with E-state index < -0.39 is 77.2 Å². The van der Waals surface area contributed by atoms with E-state index in [0.717, 1.165) is 12.1 Å². The predicted molar refractivity (Wildman–Crippen MR) is 205 cm³/mol. The molecule has 2 aromatic carbocycles. The third-order valence-electron chi connectivity index (χ3n) is 10.0. The van der Waals surface area contributed by atoms with Crippen molar-refractivity contribution >= 4 is 40.1 Å². The summed E-state index contributed by atoms with van der Waals surface area (Å²) in [6, 6.07) is 7.74. The maximum Gasteiger partial charge on any atom is 0.297 e. The van der Waals surface area contributed by atoms with E-state index in [9.17, 15) is 32.3 Å². The van der Waals surface area contributed by atoms with Gasteiger partial charge in [-0.2, -0.15) is 19.0 Å². The number of methoxy groups -OCH3 is 1. The molecule has 59 heavy (non-hydrogen) atoms. The number of halogens is 7. The first-order chi connectivity index (χ1) is 27.8. The van der Waals surface area contributed by atoms with E-state index in [1.165, 1.54) is 31.7 Å². The van der Waals surface area contributed by atoms with Gasteiger partial charge < -0.3 is 20.5 Å². The molecule has 3 atom stereocenters. The Morgan fingerprint density at radius 1 is 1.07 bits per heavy atom. The average Bonchev–Trinajstić information content (AvgIpc) is 3.37. The molecular weight excluding hydrogens is 804 g/mol. The molecule has 0 radical (unpaired) electrons. The molecule has 5 aromatic rings. The lowest BCUT2D eigenvalue weighted by Crippen LogP contribution is -2.35. The first kappa shape index (κ1) is 41.5. The van der Waals surface area contributed by atoms with Crippen molar-refractivity contribution < 1.29 is 45.8 Å². The van der Waals surface area contributed by atoms with Gasteiger partial charge in [-0.3, -0.25) is 19.0 Å². The van der Waals surface area contributed by atoms with E-state index in [0.29, 0.717) is 32.8 Å². The van der Waals surface area contributed by atoms with Crippen molar-refractivity contribution in [3.05, 3.63) is 105 Å². The lowest BCUT2D eigenvalue weighted by Gasteiger charge is -2.23. The van der Waals surface area contributed by atoms with Crippen LogP contribution in [0.5, 0.6) is 0 Å². The SMILES string of the molecule is C=C1[C@@H]2c3c(C(F)F)nn(CC(=O)N[C@@H](Cc4cc(F)cc(F)c4)c4nc(C#CC(C)(C)O)ccc4-c4ccc(Cl)c5c(NC(=O)CCOC)nn(C)c45)c3C(F)(F)[C@H]12. The van der Waals surface area contributed by atoms with E-state index in [1.54, 1.807) is 25.2 Å². The molecule has 2 aliphatic rings. The van der Waals surface area contributed by atoms with Gasteiger partial charge in [-0.1, -0.05) is 35.7 Å². The summed E-state index contributed by atoms with van der Waals surface area (Å²) in [6.45, 7) is 5.71. The Labute approximate surface area is 338 Å². The molecule has 7 rings (SSSR count). The van der Waals surface area contributed by atoms with Gasteiger partial charge >= 0.3 is 0 Å². The molecule has 3 aromatic heterocycles. The number of rotatable bonds is 12. The number of ether oxygens (including phenoxy) is 1. The number of aliphatic hydroxyl groups is 1. The van der Waals surface area contributed by atoms with Crippen molar-refractivity contribution in [2.75, 3.05) is 19.0 Å². The second kappa shape index (κ2) is 15.5. The second-order valence-corrected chi connectivity index (χ2v) is 15.3. The van der Waals surface area contributed by atoms with Crippen molar-refractivity contribution in [2.45, 2.75) is 63.1 Å². The third kappa shape index (κ3) is 8.04. The molecule has 0 saturated heterocycles. The smallest absolute Gasteiger partial charge is 0.297 e. The molecule has 2 amide bonds. The summed E-state index contributed by atoms with van der Waals surface area (Å²) >= 11 is 6.69. The van der Waals surface area contributed by atoms with Crippen molar-refractivity contribution in [1.82, 2.24) is 29.9 Å². The number of carbonyl (C=O) groups excluding carboxylic acids is 2. The monoisotopic (exact) mass is 839 g/mol. The minimum absolute atomic E-state index is 0.0219. The van der Waals surface area contributed by atoms with Crippen LogP contribution in [0.15, 0.2) is 54.6 Å². The molecule has 11 nitrogen and oxygen atoms in total. The van der Waals surface area contributed by atoms with Crippen LogP contribution in [-0.2, 0) is 40.3 Å². The molecule has 18 heteroatoms. The van der Waals surface area contributed by atoms with Crippen LogP contribution >= 0.6 is 11.6 Å². The molecule has 1 fully saturated rings. The molecule has 0 spiro atoms. The fourth-order valence-corrected chi connectivity index (χ4v) is 7.81. The van der Waals surface area contributed by atoms with Gasteiger partial charge in [0.05, 0.1) is 46.6 Å². The number of pyridine rings is 1. The van der Waals surface area contributed by atoms with E-state index >= 15 is 8.78 Å². The Morgan fingerprint density at radius 2 is 1.76 bits per heavy atom. The van der Waals surface area contributed by atoms with Crippen LogP contribution in [0.25, 0.3) is 22.0 Å². The zero-order chi connectivity index (χ0) is 42.7. The molecule has 0 unspecified atom stereocenters. The van der Waals surface area contributed by atoms with E-state index in [2.05, 4.69) is 39.3 Å². The first-order valence-corrected chi connectivity index (χ1v) is 18.6. The van der Waals surface area contributed by atoms with Crippen molar-refractivity contribution in [2.24, 2.45) is 13.0 Å². The van der Waals surface area contributed by atoms with Crippen molar-refractivity contribution in [3.8, 4) is 23.0 Å². The zero-order valence-electron chi connectivity index (χ0n) is 31.9. The molecule has 3 N–H and O–H groups in total. The maximum atomic E-state index is 15.6. The summed E-state index contributed by atoms with van der Waals surface area (Å²) in [7, 11) is 3.05. The van der Waals surface area contributed by atoms with Gasteiger partial charge in [0, 0.05) is 42.8 Å². The molecular formula is C41H36ClF6N7O4. The number of amides is 2. The Balaban J connectivity index is 1.37. The van der Waals surface area contributed by atoms with E-state index in [1.807, 2.05) is 0 Å². The Kier molecular flexibility index (Phi) is 10.9. The van der Waals surface area contributed by atoms with Crippen LogP contribution in [0, 0.1) is 29.4 Å². The van der Waals surface area contributed by atoms with Crippen molar-refractivity contribution in [1.29, 1.82) is 0 Å². The Hall–Kier alpha value is -5.70. The number of nitrogens with zero attached hydrogens (tertiary/aromatic N) is 5. The van der Waals surface area contributed by atoms with Crippen LogP contribution in [-0.4, -0.2) is 60.8 Å². The quantitative estimate of drug-likeness (QED) is 0.0683. The largest absolute Gasteiger partial charge is 0.384 e. The summed E-state index contributed by atoms with van der Waals surface area (Å²) in [5, 5.41) is 24.6. The van der Waals surface area contributed by atoms with Gasteiger partial charge in [0.2, 0.25) is 11.8 Å². The summed E-state index contributed by atoms with van der Waals surface area (Å²) in [6.07, 6.45) is -3.52. The van der Waals surface area contributed by atoms with E-state index in [-0.39, 0.29) is 58.4 Å². The number of aromatic nitrogens is 5. The molecule has 308 valence electrons. The average molecular weight is 840 g/mol. The number of hydrogen-bond donors (Lipinski definition) is 3. The van der Waals surface area contributed by atoms with Gasteiger partial charge in [-0.15, -0.1) is 0 Å². The molecule has 0 aliphatic heterocycles. The van der Waals surface area contributed by atoms with Gasteiger partial charge in [0.15, 0.2) is 5.82 Å². The second-order valence-electron chi connectivity index (χ2n) is 14.9. The van der Waals surface area contributed by atoms with Crippen LogP contribution < -0.4 is 10.6 Å². The topological polar surface area (TPSA) is 136 Å². The fourth-order valence-electron chi connectivity index (χ4n) is 7.57.